The summed E-state index contributed by atoms with van der Waals surface area (Å²) in [6.07, 6.45) is 0. The van der Waals surface area contributed by atoms with Gasteiger partial charge >= 0.3 is 7.82 Å². The van der Waals surface area contributed by atoms with Crippen LogP contribution in [0.3, 0.4) is 0 Å². The molecule has 0 saturated heterocycles. The lowest BCUT2D eigenvalue weighted by Crippen LogP contribution is -2.11. The van der Waals surface area contributed by atoms with E-state index < -0.39 is 7.82 Å². The van der Waals surface area contributed by atoms with E-state index in [0.717, 1.165) is 11.1 Å². The minimum atomic E-state index is -3.65. The lowest BCUT2D eigenvalue weighted by atomic mass is 10.1. The zero-order valence-electron chi connectivity index (χ0n) is 10.6. The number of benzene rings is 2. The molecule has 2 bridgehead atoms. The molecule has 1 aliphatic rings. The lowest BCUT2D eigenvalue weighted by molar-refractivity contribution is 0.287. The highest BCUT2D eigenvalue weighted by Crippen LogP contribution is 2.53. The zero-order chi connectivity index (χ0) is 13.5. The fourth-order valence-electron chi connectivity index (χ4n) is 1.85. The molecule has 2 aromatic rings. The highest BCUT2D eigenvalue weighted by molar-refractivity contribution is 7.49. The van der Waals surface area contributed by atoms with Crippen LogP contribution in [0.15, 0.2) is 42.5 Å². The number of hydrogen-bond donors (Lipinski definition) is 0. The molecule has 3 rings (SSSR count). The molecule has 19 heavy (non-hydrogen) atoms. The molecular weight excluding hydrogens is 263 g/mol. The maximum absolute atomic E-state index is 12.5. The molecule has 0 amide bonds. The third kappa shape index (κ3) is 2.32. The van der Waals surface area contributed by atoms with E-state index >= 15 is 0 Å². The molecule has 1 aliphatic heterocycles. The van der Waals surface area contributed by atoms with Crippen molar-refractivity contribution in [1.82, 2.24) is 0 Å². The van der Waals surface area contributed by atoms with Crippen molar-refractivity contribution < 1.29 is 18.1 Å². The van der Waals surface area contributed by atoms with Gasteiger partial charge in [-0.05, 0) is 43.2 Å². The van der Waals surface area contributed by atoms with Crippen LogP contribution in [0.5, 0.6) is 17.2 Å². The van der Waals surface area contributed by atoms with Crippen molar-refractivity contribution in [2.24, 2.45) is 0 Å². The van der Waals surface area contributed by atoms with E-state index in [9.17, 15) is 4.57 Å². The Labute approximate surface area is 111 Å². The molecule has 5 heteroatoms. The molecule has 4 nitrogen and oxygen atoms in total. The average molecular weight is 276 g/mol. The molecule has 0 fully saturated rings. The Bertz CT molecular complexity index is 656. The van der Waals surface area contributed by atoms with Crippen LogP contribution in [0.1, 0.15) is 11.1 Å². The van der Waals surface area contributed by atoms with E-state index in [1.54, 1.807) is 30.3 Å². The summed E-state index contributed by atoms with van der Waals surface area (Å²) >= 11 is 0. The van der Waals surface area contributed by atoms with Gasteiger partial charge < -0.3 is 13.6 Å². The van der Waals surface area contributed by atoms with E-state index in [4.69, 9.17) is 13.6 Å². The van der Waals surface area contributed by atoms with Crippen molar-refractivity contribution in [3.63, 3.8) is 0 Å². The Morgan fingerprint density at radius 2 is 1.63 bits per heavy atom. The van der Waals surface area contributed by atoms with Crippen molar-refractivity contribution in [3.05, 3.63) is 53.6 Å². The number of hydrogen-bond acceptors (Lipinski definition) is 4. The van der Waals surface area contributed by atoms with Gasteiger partial charge in [0.1, 0.15) is 17.2 Å². The number of phosphoric ester groups is 1. The summed E-state index contributed by atoms with van der Waals surface area (Å²) in [5.74, 6) is 1.48. The second-order valence-electron chi connectivity index (χ2n) is 4.39. The quantitative estimate of drug-likeness (QED) is 0.769. The maximum atomic E-state index is 12.5. The molecular formula is C14H13O4P. The van der Waals surface area contributed by atoms with Crippen LogP contribution >= 0.6 is 7.82 Å². The van der Waals surface area contributed by atoms with Gasteiger partial charge in [-0.1, -0.05) is 18.2 Å². The van der Waals surface area contributed by atoms with Gasteiger partial charge in [0.05, 0.1) is 0 Å². The van der Waals surface area contributed by atoms with Gasteiger partial charge in [0.15, 0.2) is 0 Å². The second-order valence-corrected chi connectivity index (χ2v) is 5.84. The smallest absolute Gasteiger partial charge is 0.386 e. The molecule has 1 heterocycles. The van der Waals surface area contributed by atoms with Crippen LogP contribution in [0.2, 0.25) is 0 Å². The summed E-state index contributed by atoms with van der Waals surface area (Å²) in [4.78, 5) is 0. The van der Waals surface area contributed by atoms with E-state index in [-0.39, 0.29) is 0 Å². The highest BCUT2D eigenvalue weighted by atomic mass is 31.2. The predicted octanol–water partition coefficient (Wildman–Crippen LogP) is 4.26. The van der Waals surface area contributed by atoms with Crippen molar-refractivity contribution in [2.45, 2.75) is 13.8 Å². The molecule has 0 saturated carbocycles. The Balaban J connectivity index is 1.91. The van der Waals surface area contributed by atoms with Crippen LogP contribution in [0.4, 0.5) is 0 Å². The fourth-order valence-corrected chi connectivity index (χ4v) is 3.14. The average Bonchev–Trinajstić information content (AvgIpc) is 2.34. The molecule has 0 N–H and O–H groups in total. The number of fused-ring (bicyclic) bond motifs is 2. The summed E-state index contributed by atoms with van der Waals surface area (Å²) in [7, 11) is -3.65. The SMILES string of the molecule is Cc1cccc(OP2(=O)Oc3cccc(c3)O2)c1C. The molecule has 0 radical (unpaired) electrons. The zero-order valence-corrected chi connectivity index (χ0v) is 11.5. The summed E-state index contributed by atoms with van der Waals surface area (Å²) in [6, 6.07) is 12.4. The van der Waals surface area contributed by atoms with Gasteiger partial charge in [-0.2, -0.15) is 4.57 Å². The summed E-state index contributed by atoms with van der Waals surface area (Å²) in [6.45, 7) is 3.86. The third-order valence-corrected chi connectivity index (χ3v) is 4.29. The summed E-state index contributed by atoms with van der Waals surface area (Å²) < 4.78 is 28.6. The number of rotatable bonds is 2. The van der Waals surface area contributed by atoms with Gasteiger partial charge in [0, 0.05) is 6.07 Å². The molecule has 0 spiro atoms. The van der Waals surface area contributed by atoms with Gasteiger partial charge in [0.2, 0.25) is 0 Å². The lowest BCUT2D eigenvalue weighted by Gasteiger charge is -2.24. The van der Waals surface area contributed by atoms with Gasteiger partial charge in [-0.25, -0.2) is 0 Å². The molecule has 98 valence electrons. The number of aryl methyl sites for hydroxylation is 1. The Hall–Kier alpha value is -1.93. The molecule has 0 aromatic heterocycles. The van der Waals surface area contributed by atoms with Crippen LogP contribution in [0, 0.1) is 13.8 Å². The Morgan fingerprint density at radius 3 is 2.32 bits per heavy atom. The van der Waals surface area contributed by atoms with E-state index in [1.165, 1.54) is 0 Å². The highest BCUT2D eigenvalue weighted by Gasteiger charge is 2.36. The first-order chi connectivity index (χ1) is 9.06. The first kappa shape index (κ1) is 12.1. The van der Waals surface area contributed by atoms with Crippen molar-refractivity contribution >= 4 is 7.82 Å². The first-order valence-corrected chi connectivity index (χ1v) is 7.37. The number of phosphoric acid groups is 1. The van der Waals surface area contributed by atoms with Crippen molar-refractivity contribution in [1.29, 1.82) is 0 Å². The Kier molecular flexibility index (Phi) is 2.76. The van der Waals surface area contributed by atoms with E-state index in [1.807, 2.05) is 26.0 Å². The molecule has 0 unspecified atom stereocenters. The minimum absolute atomic E-state index is 0.484. The normalized spacial score (nSPS) is 15.3. The van der Waals surface area contributed by atoms with Crippen LogP contribution in [-0.4, -0.2) is 0 Å². The first-order valence-electron chi connectivity index (χ1n) is 5.91. The third-order valence-electron chi connectivity index (χ3n) is 3.01. The molecule has 2 aromatic carbocycles. The van der Waals surface area contributed by atoms with Gasteiger partial charge in [0.25, 0.3) is 0 Å². The summed E-state index contributed by atoms with van der Waals surface area (Å²) in [5.41, 5.74) is 1.97. The standard InChI is InChI=1S/C14H13O4P/c1-10-5-3-8-14(11(10)2)18-19(15)16-12-6-4-7-13(9-12)17-19/h3-9H,1-2H3. The minimum Gasteiger partial charge on any atom is -0.386 e. The molecule has 0 atom stereocenters. The van der Waals surface area contributed by atoms with Crippen LogP contribution < -0.4 is 13.6 Å². The van der Waals surface area contributed by atoms with Crippen LogP contribution in [-0.2, 0) is 4.57 Å². The van der Waals surface area contributed by atoms with Gasteiger partial charge in [-0.15, -0.1) is 0 Å². The van der Waals surface area contributed by atoms with E-state index in [2.05, 4.69) is 0 Å². The Morgan fingerprint density at radius 1 is 1.00 bits per heavy atom. The van der Waals surface area contributed by atoms with Crippen LogP contribution in [0.25, 0.3) is 0 Å². The topological polar surface area (TPSA) is 44.8 Å². The summed E-state index contributed by atoms with van der Waals surface area (Å²) in [5, 5.41) is 0. The fraction of sp³-hybridized carbons (Fsp3) is 0.143. The molecule has 0 aliphatic carbocycles. The van der Waals surface area contributed by atoms with E-state index in [0.29, 0.717) is 17.2 Å². The maximum Gasteiger partial charge on any atom is 0.647 e. The monoisotopic (exact) mass is 276 g/mol. The van der Waals surface area contributed by atoms with Gasteiger partial charge in [-0.3, -0.25) is 0 Å². The second kappa shape index (κ2) is 4.32. The predicted molar refractivity (Wildman–Crippen MR) is 71.8 cm³/mol. The van der Waals surface area contributed by atoms with Crippen molar-refractivity contribution in [3.8, 4) is 17.2 Å². The largest absolute Gasteiger partial charge is 0.647 e. The van der Waals surface area contributed by atoms with Crippen molar-refractivity contribution in [2.75, 3.05) is 0 Å².